The Labute approximate surface area is 202 Å². The Hall–Kier alpha value is -0.920. The number of fused-ring (bicyclic) bond motifs is 1. The number of hydrogen-bond donors (Lipinski definition) is 0. The molecule has 2 aliphatic rings. The summed E-state index contributed by atoms with van der Waals surface area (Å²) in [5.41, 5.74) is 5.94. The molecule has 0 amide bonds. The van der Waals surface area contributed by atoms with E-state index in [1.165, 1.54) is 47.9 Å². The molecule has 32 heavy (non-hydrogen) atoms. The van der Waals surface area contributed by atoms with Crippen molar-refractivity contribution in [3.8, 4) is 0 Å². The van der Waals surface area contributed by atoms with Gasteiger partial charge < -0.3 is 0 Å². The Morgan fingerprint density at radius 3 is 1.34 bits per heavy atom. The molecule has 1 saturated heterocycles. The average molecular weight is 471 g/mol. The number of halogens is 1. The van der Waals surface area contributed by atoms with Gasteiger partial charge in [0.15, 0.2) is 0 Å². The molecule has 0 N–H and O–H groups in total. The van der Waals surface area contributed by atoms with Gasteiger partial charge >= 0.3 is 0 Å². The summed E-state index contributed by atoms with van der Waals surface area (Å²) in [5.74, 6) is 0. The molecule has 0 radical (unpaired) electrons. The first-order valence-corrected chi connectivity index (χ1v) is 14.4. The van der Waals surface area contributed by atoms with Gasteiger partial charge in [0.1, 0.15) is 7.58 Å². The van der Waals surface area contributed by atoms with E-state index in [4.69, 9.17) is 11.2 Å². The van der Waals surface area contributed by atoms with Gasteiger partial charge in [0.25, 0.3) is 0 Å². The summed E-state index contributed by atoms with van der Waals surface area (Å²) in [5, 5.41) is 0. The first kappa shape index (κ1) is 24.2. The van der Waals surface area contributed by atoms with Crippen LogP contribution in [0.2, 0.25) is 0 Å². The summed E-state index contributed by atoms with van der Waals surface area (Å²) < 4.78 is 5.24. The lowest BCUT2D eigenvalue weighted by molar-refractivity contribution is 0.197. The van der Waals surface area contributed by atoms with Gasteiger partial charge in [-0.25, -0.2) is 9.34 Å². The minimum atomic E-state index is -0.811. The van der Waals surface area contributed by atoms with Crippen LogP contribution < -0.4 is 0 Å². The second kappa shape index (κ2) is 9.38. The molecule has 174 valence electrons. The molecule has 2 nitrogen and oxygen atoms in total. The molecule has 2 atom stereocenters. The summed E-state index contributed by atoms with van der Waals surface area (Å²) >= 11 is 7.24. The van der Waals surface area contributed by atoms with Gasteiger partial charge in [0.2, 0.25) is 0 Å². The van der Waals surface area contributed by atoms with Crippen molar-refractivity contribution in [1.82, 2.24) is 9.34 Å². The van der Waals surface area contributed by atoms with Crippen molar-refractivity contribution < 1.29 is 0 Å². The zero-order valence-electron chi connectivity index (χ0n) is 20.7. The van der Waals surface area contributed by atoms with Gasteiger partial charge in [-0.2, -0.15) is 0 Å². The normalized spacial score (nSPS) is 23.5. The second-order valence-electron chi connectivity index (χ2n) is 11.7. The quantitative estimate of drug-likeness (QED) is 0.414. The zero-order valence-corrected chi connectivity index (χ0v) is 22.4. The third-order valence-electron chi connectivity index (χ3n) is 7.21. The second-order valence-corrected chi connectivity index (χ2v) is 14.2. The summed E-state index contributed by atoms with van der Waals surface area (Å²) in [6.07, 6.45) is 5.20. The molecule has 1 aliphatic carbocycles. The summed E-state index contributed by atoms with van der Waals surface area (Å²) in [4.78, 5) is 0. The third-order valence-corrected chi connectivity index (χ3v) is 10.1. The lowest BCUT2D eigenvalue weighted by Gasteiger charge is -2.32. The van der Waals surface area contributed by atoms with Gasteiger partial charge in [0.05, 0.1) is 0 Å². The molecular formula is C28H40ClN2P. The molecule has 0 unspecified atom stereocenters. The van der Waals surface area contributed by atoms with E-state index in [-0.39, 0.29) is 10.8 Å². The Kier molecular flexibility index (Phi) is 7.10. The van der Waals surface area contributed by atoms with E-state index in [1.807, 2.05) is 0 Å². The monoisotopic (exact) mass is 470 g/mol. The predicted octanol–water partition coefficient (Wildman–Crippen LogP) is 8.38. The number of rotatable bonds is 4. The van der Waals surface area contributed by atoms with Crippen molar-refractivity contribution >= 4 is 18.8 Å². The molecule has 2 aromatic carbocycles. The molecule has 4 rings (SSSR count). The topological polar surface area (TPSA) is 6.48 Å². The van der Waals surface area contributed by atoms with E-state index in [1.54, 1.807) is 0 Å². The molecule has 4 heteroatoms. The van der Waals surface area contributed by atoms with Gasteiger partial charge in [-0.1, -0.05) is 114 Å². The van der Waals surface area contributed by atoms with Crippen LogP contribution in [-0.4, -0.2) is 21.4 Å². The summed E-state index contributed by atoms with van der Waals surface area (Å²) in [7, 11) is -0.811. The van der Waals surface area contributed by atoms with Crippen LogP contribution in [0, 0.1) is 0 Å². The van der Waals surface area contributed by atoms with Crippen LogP contribution >= 0.6 is 18.8 Å². The van der Waals surface area contributed by atoms with Crippen LogP contribution in [0.4, 0.5) is 0 Å². The molecule has 2 aromatic rings. The standard InChI is InChI=1S/C28H40ClN2P/c1-27(2,3)23-15-11-21(12-16-23)19-30-25-9-7-8-10-26(25)31(32(30)29)20-22-13-17-24(18-14-22)28(4,5)6/h11-18,25-26H,7-10,19-20H2,1-6H3/t25-,26-/m1/s1. The molecule has 0 bridgehead atoms. The van der Waals surface area contributed by atoms with Crippen LogP contribution in [0.3, 0.4) is 0 Å². The van der Waals surface area contributed by atoms with Crippen LogP contribution in [0.5, 0.6) is 0 Å². The summed E-state index contributed by atoms with van der Waals surface area (Å²) in [6.45, 7) is 15.6. The highest BCUT2D eigenvalue weighted by molar-refractivity contribution is 7.80. The lowest BCUT2D eigenvalue weighted by Crippen LogP contribution is -2.39. The van der Waals surface area contributed by atoms with Gasteiger partial charge in [0, 0.05) is 25.2 Å². The molecule has 0 spiro atoms. The average Bonchev–Trinajstić information content (AvgIpc) is 2.99. The van der Waals surface area contributed by atoms with Crippen molar-refractivity contribution in [3.63, 3.8) is 0 Å². The minimum Gasteiger partial charge on any atom is -0.248 e. The van der Waals surface area contributed by atoms with Crippen LogP contribution in [-0.2, 0) is 23.9 Å². The Balaban J connectivity index is 1.51. The van der Waals surface area contributed by atoms with Gasteiger partial charge in [-0.15, -0.1) is 0 Å². The number of benzene rings is 2. The van der Waals surface area contributed by atoms with Crippen molar-refractivity contribution in [3.05, 3.63) is 70.8 Å². The first-order chi connectivity index (χ1) is 15.0. The fourth-order valence-electron chi connectivity index (χ4n) is 5.13. The first-order valence-electron chi connectivity index (χ1n) is 12.2. The van der Waals surface area contributed by atoms with E-state index in [0.717, 1.165) is 13.1 Å². The maximum Gasteiger partial charge on any atom is 0.141 e. The Morgan fingerprint density at radius 2 is 1.03 bits per heavy atom. The van der Waals surface area contributed by atoms with Crippen molar-refractivity contribution in [2.75, 3.05) is 0 Å². The maximum atomic E-state index is 7.24. The van der Waals surface area contributed by atoms with Crippen molar-refractivity contribution in [2.45, 2.75) is 103 Å². The highest BCUT2D eigenvalue weighted by Gasteiger charge is 2.47. The zero-order chi connectivity index (χ0) is 23.1. The highest BCUT2D eigenvalue weighted by atomic mass is 35.7. The number of hydrogen-bond acceptors (Lipinski definition) is 2. The van der Waals surface area contributed by atoms with Crippen LogP contribution in [0.15, 0.2) is 48.5 Å². The predicted molar refractivity (Wildman–Crippen MR) is 140 cm³/mol. The van der Waals surface area contributed by atoms with E-state index in [0.29, 0.717) is 12.1 Å². The molecule has 1 saturated carbocycles. The smallest absolute Gasteiger partial charge is 0.141 e. The fourth-order valence-corrected chi connectivity index (χ4v) is 8.00. The fraction of sp³-hybridized carbons (Fsp3) is 0.571. The Morgan fingerprint density at radius 1 is 0.688 bits per heavy atom. The lowest BCUT2D eigenvalue weighted by atomic mass is 9.86. The molecular weight excluding hydrogens is 431 g/mol. The molecule has 2 fully saturated rings. The molecule has 1 heterocycles. The van der Waals surface area contributed by atoms with Crippen molar-refractivity contribution in [1.29, 1.82) is 0 Å². The minimum absolute atomic E-state index is 0.194. The largest absolute Gasteiger partial charge is 0.248 e. The van der Waals surface area contributed by atoms with E-state index < -0.39 is 7.58 Å². The van der Waals surface area contributed by atoms with Gasteiger partial charge in [-0.3, -0.25) is 0 Å². The summed E-state index contributed by atoms with van der Waals surface area (Å²) in [6, 6.07) is 19.6. The SMILES string of the molecule is CC(C)(C)c1ccc(CN2[C@@H]3CCCC[C@H]3N(Cc3ccc(C(C)(C)C)cc3)P2Cl)cc1. The molecule has 0 aromatic heterocycles. The molecule has 1 aliphatic heterocycles. The highest BCUT2D eigenvalue weighted by Crippen LogP contribution is 2.61. The maximum absolute atomic E-state index is 7.24. The van der Waals surface area contributed by atoms with Crippen LogP contribution in [0.1, 0.15) is 89.5 Å². The van der Waals surface area contributed by atoms with Crippen LogP contribution in [0.25, 0.3) is 0 Å². The Bertz CT molecular complexity index is 820. The van der Waals surface area contributed by atoms with E-state index >= 15 is 0 Å². The van der Waals surface area contributed by atoms with Crippen molar-refractivity contribution in [2.24, 2.45) is 0 Å². The van der Waals surface area contributed by atoms with E-state index in [9.17, 15) is 0 Å². The van der Waals surface area contributed by atoms with E-state index in [2.05, 4.69) is 99.4 Å². The third kappa shape index (κ3) is 5.25. The van der Waals surface area contributed by atoms with Gasteiger partial charge in [-0.05, 0) is 45.9 Å². The number of nitrogens with zero attached hydrogens (tertiary/aromatic N) is 2.